The molecular weight excluding hydrogens is 710 g/mol. The molecule has 6 rings (SSSR count). The number of carbonyl (C=O) groups is 4. The second kappa shape index (κ2) is 16.0. The van der Waals surface area contributed by atoms with Crippen molar-refractivity contribution in [3.8, 4) is 17.3 Å². The van der Waals surface area contributed by atoms with E-state index in [1.165, 1.54) is 17.7 Å². The molecule has 4 aromatic rings. The fraction of sp³-hybridized carbons (Fsp3) is 0.415. The van der Waals surface area contributed by atoms with Crippen LogP contribution in [-0.2, 0) is 30.9 Å². The highest BCUT2D eigenvalue weighted by molar-refractivity contribution is 6.30. The molecule has 0 aliphatic heterocycles. The molecule has 2 fully saturated rings. The van der Waals surface area contributed by atoms with Gasteiger partial charge in [0.25, 0.3) is 5.91 Å². The average Bonchev–Trinajstić information content (AvgIpc) is 3.75. The predicted octanol–water partition coefficient (Wildman–Crippen LogP) is 7.74. The summed E-state index contributed by atoms with van der Waals surface area (Å²) in [6.45, 7) is 6.77. The molecular formula is C41H46ClN5O7. The Bertz CT molecular complexity index is 2090. The van der Waals surface area contributed by atoms with Gasteiger partial charge in [-0.25, -0.2) is 14.8 Å². The lowest BCUT2D eigenvalue weighted by Gasteiger charge is -2.40. The molecule has 54 heavy (non-hydrogen) atoms. The zero-order valence-corrected chi connectivity index (χ0v) is 32.0. The van der Waals surface area contributed by atoms with Gasteiger partial charge in [-0.2, -0.15) is 0 Å². The number of hydrogen-bond acceptors (Lipinski definition) is 9. The normalized spacial score (nSPS) is 15.5. The van der Waals surface area contributed by atoms with Crippen molar-refractivity contribution in [2.75, 3.05) is 18.7 Å². The Kier molecular flexibility index (Phi) is 11.4. The summed E-state index contributed by atoms with van der Waals surface area (Å²) in [5, 5.41) is 7.54. The van der Waals surface area contributed by atoms with Crippen molar-refractivity contribution in [3.63, 3.8) is 0 Å². The predicted molar refractivity (Wildman–Crippen MR) is 206 cm³/mol. The molecule has 2 aromatic heterocycles. The monoisotopic (exact) mass is 755 g/mol. The molecule has 13 heteroatoms. The van der Waals surface area contributed by atoms with Gasteiger partial charge in [0.1, 0.15) is 11.3 Å². The number of esters is 2. The van der Waals surface area contributed by atoms with Gasteiger partial charge in [0.15, 0.2) is 5.82 Å². The minimum absolute atomic E-state index is 0.327. The van der Waals surface area contributed by atoms with Gasteiger partial charge in [-0.3, -0.25) is 14.4 Å². The van der Waals surface area contributed by atoms with Gasteiger partial charge in [-0.05, 0) is 102 Å². The SMILES string of the molecule is CCOc1cc(NC(=O)C2(NC(=O)c3ccc4c(C5CCCC5)c(-c5ncc(Cl)cn5)n(C)c4c3)CCC2)ccc1/C=C/C(=O)OCOC(=O)C(C)(C)C. The number of anilines is 1. The number of nitrogens with one attached hydrogen (secondary N) is 2. The van der Waals surface area contributed by atoms with E-state index < -0.39 is 29.7 Å². The van der Waals surface area contributed by atoms with Gasteiger partial charge in [0.05, 0.1) is 22.7 Å². The third kappa shape index (κ3) is 8.28. The Hall–Kier alpha value is -5.23. The maximum Gasteiger partial charge on any atom is 0.333 e. The zero-order chi connectivity index (χ0) is 38.6. The van der Waals surface area contributed by atoms with Crippen molar-refractivity contribution in [2.45, 2.75) is 84.1 Å². The number of ether oxygens (including phenoxy) is 3. The number of rotatable bonds is 12. The van der Waals surface area contributed by atoms with Crippen molar-refractivity contribution >= 4 is 58.0 Å². The third-order valence-electron chi connectivity index (χ3n) is 10.1. The maximum atomic E-state index is 13.8. The highest BCUT2D eigenvalue weighted by Gasteiger charge is 2.45. The van der Waals surface area contributed by atoms with E-state index in [0.29, 0.717) is 58.8 Å². The molecule has 12 nitrogen and oxygen atoms in total. The van der Waals surface area contributed by atoms with Crippen molar-refractivity contribution < 1.29 is 33.4 Å². The van der Waals surface area contributed by atoms with Crippen LogP contribution in [-0.4, -0.2) is 57.2 Å². The summed E-state index contributed by atoms with van der Waals surface area (Å²) in [5.41, 5.74) is 2.70. The molecule has 0 radical (unpaired) electrons. The van der Waals surface area contributed by atoms with E-state index in [2.05, 4.69) is 25.2 Å². The van der Waals surface area contributed by atoms with Crippen LogP contribution in [0, 0.1) is 5.41 Å². The third-order valence-corrected chi connectivity index (χ3v) is 10.3. The number of aryl methyl sites for hydroxylation is 1. The van der Waals surface area contributed by atoms with Gasteiger partial charge in [-0.1, -0.05) is 30.5 Å². The highest BCUT2D eigenvalue weighted by atomic mass is 35.5. The van der Waals surface area contributed by atoms with Crippen molar-refractivity contribution in [1.82, 2.24) is 19.9 Å². The summed E-state index contributed by atoms with van der Waals surface area (Å²) in [7, 11) is 1.97. The maximum absolute atomic E-state index is 13.8. The lowest BCUT2D eigenvalue weighted by atomic mass is 9.75. The molecule has 0 atom stereocenters. The minimum atomic E-state index is -1.08. The Morgan fingerprint density at radius 3 is 2.37 bits per heavy atom. The number of hydrogen-bond donors (Lipinski definition) is 2. The fourth-order valence-electron chi connectivity index (χ4n) is 7.01. The molecule has 0 bridgehead atoms. The molecule has 2 saturated carbocycles. The Morgan fingerprint density at radius 2 is 1.72 bits per heavy atom. The van der Waals surface area contributed by atoms with E-state index in [1.54, 1.807) is 51.4 Å². The first-order valence-electron chi connectivity index (χ1n) is 18.3. The van der Waals surface area contributed by atoms with Crippen molar-refractivity contribution in [1.29, 1.82) is 0 Å². The van der Waals surface area contributed by atoms with Gasteiger partial charge in [0, 0.05) is 59.3 Å². The first-order valence-corrected chi connectivity index (χ1v) is 18.7. The van der Waals surface area contributed by atoms with Crippen molar-refractivity contribution in [3.05, 3.63) is 76.6 Å². The van der Waals surface area contributed by atoms with Crippen LogP contribution in [0.3, 0.4) is 0 Å². The molecule has 2 heterocycles. The number of fused-ring (bicyclic) bond motifs is 1. The van der Waals surface area contributed by atoms with Crippen LogP contribution in [0.1, 0.15) is 100 Å². The average molecular weight is 756 g/mol. The van der Waals surface area contributed by atoms with Crippen LogP contribution in [0.4, 0.5) is 5.69 Å². The van der Waals surface area contributed by atoms with Crippen LogP contribution in [0.25, 0.3) is 28.5 Å². The number of amides is 2. The molecule has 2 aliphatic carbocycles. The van der Waals surface area contributed by atoms with Crippen LogP contribution >= 0.6 is 11.6 Å². The molecule has 0 spiro atoms. The molecule has 2 aromatic carbocycles. The number of benzene rings is 2. The lowest BCUT2D eigenvalue weighted by Crippen LogP contribution is -2.61. The molecule has 2 amide bonds. The molecule has 0 unspecified atom stereocenters. The quantitative estimate of drug-likeness (QED) is 0.0841. The largest absolute Gasteiger partial charge is 0.493 e. The molecule has 284 valence electrons. The summed E-state index contributed by atoms with van der Waals surface area (Å²) in [4.78, 5) is 60.9. The van der Waals surface area contributed by atoms with Crippen LogP contribution in [0.2, 0.25) is 5.02 Å². The van der Waals surface area contributed by atoms with E-state index in [0.717, 1.165) is 48.7 Å². The number of aromatic nitrogens is 3. The minimum Gasteiger partial charge on any atom is -0.493 e. The second-order valence-corrected chi connectivity index (χ2v) is 15.3. The lowest BCUT2D eigenvalue weighted by molar-refractivity contribution is -0.170. The van der Waals surface area contributed by atoms with E-state index in [4.69, 9.17) is 25.8 Å². The standard InChI is InChI=1S/C41H46ClN5O7/c1-6-52-32-21-29(15-12-25(32)14-17-33(48)53-24-54-39(51)40(2,3)4)45-38(50)41(18-9-19-41)46-37(49)27-13-16-30-31(20-27)47(5)35(34(30)26-10-7-8-11-26)36-43-22-28(42)23-44-36/h12-17,20-23,26H,6-11,18-19,24H2,1-5H3,(H,45,50)(H,46,49)/b17-14+. The van der Waals surface area contributed by atoms with Gasteiger partial charge < -0.3 is 29.4 Å². The molecule has 2 aliphatic rings. The summed E-state index contributed by atoms with van der Waals surface area (Å²) in [6, 6.07) is 10.8. The van der Waals surface area contributed by atoms with E-state index in [9.17, 15) is 19.2 Å². The van der Waals surface area contributed by atoms with Crippen LogP contribution in [0.5, 0.6) is 5.75 Å². The van der Waals surface area contributed by atoms with Crippen LogP contribution in [0.15, 0.2) is 54.9 Å². The summed E-state index contributed by atoms with van der Waals surface area (Å²) in [6.07, 6.45) is 12.2. The van der Waals surface area contributed by atoms with E-state index in [1.807, 2.05) is 32.2 Å². The van der Waals surface area contributed by atoms with Crippen molar-refractivity contribution in [2.24, 2.45) is 12.5 Å². The van der Waals surface area contributed by atoms with E-state index >= 15 is 0 Å². The molecule has 2 N–H and O–H groups in total. The Balaban J connectivity index is 1.16. The van der Waals surface area contributed by atoms with Crippen LogP contribution < -0.4 is 15.4 Å². The Morgan fingerprint density at radius 1 is 1.00 bits per heavy atom. The number of halogens is 1. The number of nitrogens with zero attached hydrogens (tertiary/aromatic N) is 3. The van der Waals surface area contributed by atoms with E-state index in [-0.39, 0.29) is 11.8 Å². The smallest absolute Gasteiger partial charge is 0.333 e. The highest BCUT2D eigenvalue weighted by Crippen LogP contribution is 2.44. The van der Waals surface area contributed by atoms with Gasteiger partial charge >= 0.3 is 11.9 Å². The van der Waals surface area contributed by atoms with Gasteiger partial charge in [0.2, 0.25) is 12.7 Å². The van der Waals surface area contributed by atoms with Gasteiger partial charge in [-0.15, -0.1) is 0 Å². The second-order valence-electron chi connectivity index (χ2n) is 14.9. The summed E-state index contributed by atoms with van der Waals surface area (Å²) >= 11 is 6.12. The number of carbonyl (C=O) groups excluding carboxylic acids is 4. The topological polar surface area (TPSA) is 151 Å². The fourth-order valence-corrected chi connectivity index (χ4v) is 7.11. The summed E-state index contributed by atoms with van der Waals surface area (Å²) in [5.74, 6) is -0.461. The summed E-state index contributed by atoms with van der Waals surface area (Å²) < 4.78 is 17.8. The first-order chi connectivity index (χ1) is 25.8. The Labute approximate surface area is 319 Å². The zero-order valence-electron chi connectivity index (χ0n) is 31.3. The first kappa shape index (κ1) is 38.5. The molecule has 0 saturated heterocycles.